The van der Waals surface area contributed by atoms with Crippen LogP contribution >= 0.6 is 0 Å². The largest absolute Gasteiger partial charge is 0.389 e. The predicted octanol–water partition coefficient (Wildman–Crippen LogP) is 3.60. The minimum Gasteiger partial charge on any atom is -0.380 e. The first-order valence-electron chi connectivity index (χ1n) is 7.40. The molecule has 0 spiro atoms. The summed E-state index contributed by atoms with van der Waals surface area (Å²) in [6.45, 7) is 3.42. The van der Waals surface area contributed by atoms with Gasteiger partial charge in [0.05, 0.1) is 24.5 Å². The van der Waals surface area contributed by atoms with Gasteiger partial charge in [0.1, 0.15) is 0 Å². The maximum atomic E-state index is 12.1. The number of alkyl halides is 3. The summed E-state index contributed by atoms with van der Waals surface area (Å²) in [6.07, 6.45) is 1.78. The van der Waals surface area contributed by atoms with Crippen LogP contribution in [0.4, 0.5) is 18.9 Å². The fraction of sp³-hybridized carbons (Fsp3) is 0.786. The Morgan fingerprint density at radius 3 is 3.00 bits per heavy atom. The summed E-state index contributed by atoms with van der Waals surface area (Å²) in [4.78, 5) is 0. The molecule has 0 amide bonds. The van der Waals surface area contributed by atoms with Gasteiger partial charge in [0.25, 0.3) is 0 Å². The first-order valence-corrected chi connectivity index (χ1v) is 7.40. The number of nitrogens with one attached hydrogen (secondary N) is 1. The van der Waals surface area contributed by atoms with Gasteiger partial charge in [-0.3, -0.25) is 4.68 Å². The van der Waals surface area contributed by atoms with Crippen LogP contribution in [0.25, 0.3) is 0 Å². The Labute approximate surface area is 122 Å². The molecular formula is C14H22F3N3O. The lowest BCUT2D eigenvalue weighted by atomic mass is 10.1. The Bertz CT molecular complexity index is 427. The quantitative estimate of drug-likeness (QED) is 0.836. The van der Waals surface area contributed by atoms with E-state index in [0.29, 0.717) is 6.42 Å². The Morgan fingerprint density at radius 1 is 1.52 bits per heavy atom. The SMILES string of the molecule is CC(CCCC(F)(F)F)Nc1cnn(CC2CCCO2)c1. The van der Waals surface area contributed by atoms with Gasteiger partial charge in [0, 0.05) is 25.3 Å². The Kier molecular flexibility index (Phi) is 5.50. The smallest absolute Gasteiger partial charge is 0.380 e. The highest BCUT2D eigenvalue weighted by molar-refractivity contribution is 5.39. The van der Waals surface area contributed by atoms with Crippen molar-refractivity contribution in [3.63, 3.8) is 0 Å². The van der Waals surface area contributed by atoms with E-state index >= 15 is 0 Å². The molecule has 1 saturated heterocycles. The maximum Gasteiger partial charge on any atom is 0.389 e. The van der Waals surface area contributed by atoms with Crippen LogP contribution in [0.5, 0.6) is 0 Å². The van der Waals surface area contributed by atoms with Crippen molar-refractivity contribution < 1.29 is 17.9 Å². The average molecular weight is 305 g/mol. The van der Waals surface area contributed by atoms with Crippen LogP contribution in [0, 0.1) is 0 Å². The van der Waals surface area contributed by atoms with E-state index in [-0.39, 0.29) is 18.6 Å². The van der Waals surface area contributed by atoms with Gasteiger partial charge in [-0.25, -0.2) is 0 Å². The van der Waals surface area contributed by atoms with E-state index in [0.717, 1.165) is 31.7 Å². The fourth-order valence-corrected chi connectivity index (χ4v) is 2.50. The van der Waals surface area contributed by atoms with Gasteiger partial charge < -0.3 is 10.1 Å². The first-order chi connectivity index (χ1) is 9.92. The second-order valence-corrected chi connectivity index (χ2v) is 5.64. The van der Waals surface area contributed by atoms with Gasteiger partial charge in [-0.1, -0.05) is 0 Å². The van der Waals surface area contributed by atoms with Crippen LogP contribution in [0.1, 0.15) is 39.0 Å². The Hall–Kier alpha value is -1.24. The van der Waals surface area contributed by atoms with E-state index in [9.17, 15) is 13.2 Å². The van der Waals surface area contributed by atoms with E-state index in [2.05, 4.69) is 10.4 Å². The molecule has 2 unspecified atom stereocenters. The third-order valence-electron chi connectivity index (χ3n) is 3.56. The Morgan fingerprint density at radius 2 is 2.33 bits per heavy atom. The Balaban J connectivity index is 1.71. The number of hydrogen-bond acceptors (Lipinski definition) is 3. The lowest BCUT2D eigenvalue weighted by molar-refractivity contribution is -0.135. The molecule has 1 aliphatic rings. The number of hydrogen-bond donors (Lipinski definition) is 1. The zero-order valence-corrected chi connectivity index (χ0v) is 12.2. The standard InChI is InChI=1S/C14H22F3N3O/c1-11(4-2-6-14(15,16)17)19-12-8-18-20(9-12)10-13-5-3-7-21-13/h8-9,11,13,19H,2-7,10H2,1H3. The molecule has 2 atom stereocenters. The lowest BCUT2D eigenvalue weighted by Gasteiger charge is -2.14. The molecule has 0 aliphatic carbocycles. The number of halogens is 3. The van der Waals surface area contributed by atoms with E-state index in [1.807, 2.05) is 17.8 Å². The molecular weight excluding hydrogens is 283 g/mol. The molecule has 2 heterocycles. The summed E-state index contributed by atoms with van der Waals surface area (Å²) in [7, 11) is 0. The summed E-state index contributed by atoms with van der Waals surface area (Å²) >= 11 is 0. The molecule has 21 heavy (non-hydrogen) atoms. The molecule has 1 fully saturated rings. The molecule has 1 aromatic rings. The molecule has 1 aliphatic heterocycles. The van der Waals surface area contributed by atoms with Gasteiger partial charge in [0.15, 0.2) is 0 Å². The van der Waals surface area contributed by atoms with Crippen LogP contribution in [0.2, 0.25) is 0 Å². The first kappa shape index (κ1) is 16.1. The molecule has 4 nitrogen and oxygen atoms in total. The molecule has 0 saturated carbocycles. The molecule has 0 aromatic carbocycles. The summed E-state index contributed by atoms with van der Waals surface area (Å²) in [5.41, 5.74) is 0.840. The normalized spacial score (nSPS) is 20.7. The number of aromatic nitrogens is 2. The zero-order chi connectivity index (χ0) is 15.3. The van der Waals surface area contributed by atoms with Crippen molar-refractivity contribution in [2.45, 2.75) is 63.9 Å². The number of anilines is 1. The average Bonchev–Trinajstić information content (AvgIpc) is 3.00. The summed E-state index contributed by atoms with van der Waals surface area (Å²) in [5, 5.41) is 7.43. The highest BCUT2D eigenvalue weighted by atomic mass is 19.4. The van der Waals surface area contributed by atoms with E-state index in [1.54, 1.807) is 6.20 Å². The van der Waals surface area contributed by atoms with Gasteiger partial charge >= 0.3 is 6.18 Å². The monoisotopic (exact) mass is 305 g/mol. The molecule has 0 radical (unpaired) electrons. The van der Waals surface area contributed by atoms with Crippen molar-refractivity contribution in [1.82, 2.24) is 9.78 Å². The second kappa shape index (κ2) is 7.15. The van der Waals surface area contributed by atoms with Gasteiger partial charge in [0.2, 0.25) is 0 Å². The number of nitrogens with zero attached hydrogens (tertiary/aromatic N) is 2. The van der Waals surface area contributed by atoms with Gasteiger partial charge in [-0.05, 0) is 32.6 Å². The minimum absolute atomic E-state index is 0.00673. The highest BCUT2D eigenvalue weighted by Gasteiger charge is 2.26. The van der Waals surface area contributed by atoms with E-state index in [4.69, 9.17) is 4.74 Å². The van der Waals surface area contributed by atoms with Crippen molar-refractivity contribution in [1.29, 1.82) is 0 Å². The van der Waals surface area contributed by atoms with E-state index < -0.39 is 12.6 Å². The van der Waals surface area contributed by atoms with Crippen LogP contribution in [-0.4, -0.2) is 34.7 Å². The van der Waals surface area contributed by atoms with Crippen molar-refractivity contribution in [3.05, 3.63) is 12.4 Å². The summed E-state index contributed by atoms with van der Waals surface area (Å²) < 4.78 is 43.6. The molecule has 120 valence electrons. The van der Waals surface area contributed by atoms with Crippen LogP contribution < -0.4 is 5.32 Å². The van der Waals surface area contributed by atoms with Crippen molar-refractivity contribution in [3.8, 4) is 0 Å². The molecule has 1 N–H and O–H groups in total. The van der Waals surface area contributed by atoms with Crippen LogP contribution in [0.15, 0.2) is 12.4 Å². The fourth-order valence-electron chi connectivity index (χ4n) is 2.50. The molecule has 7 heteroatoms. The number of rotatable bonds is 7. The summed E-state index contributed by atoms with van der Waals surface area (Å²) in [5.74, 6) is 0. The number of ether oxygens (including phenoxy) is 1. The lowest BCUT2D eigenvalue weighted by Crippen LogP contribution is -2.17. The van der Waals surface area contributed by atoms with Crippen molar-refractivity contribution >= 4 is 5.69 Å². The maximum absolute atomic E-state index is 12.1. The second-order valence-electron chi connectivity index (χ2n) is 5.64. The van der Waals surface area contributed by atoms with E-state index in [1.165, 1.54) is 0 Å². The summed E-state index contributed by atoms with van der Waals surface area (Å²) in [6, 6.07) is -0.00673. The zero-order valence-electron chi connectivity index (χ0n) is 12.2. The molecule has 2 rings (SSSR count). The molecule has 1 aromatic heterocycles. The van der Waals surface area contributed by atoms with Crippen LogP contribution in [0.3, 0.4) is 0 Å². The topological polar surface area (TPSA) is 39.1 Å². The third-order valence-corrected chi connectivity index (χ3v) is 3.56. The molecule has 0 bridgehead atoms. The van der Waals surface area contributed by atoms with Crippen molar-refractivity contribution in [2.24, 2.45) is 0 Å². The van der Waals surface area contributed by atoms with Gasteiger partial charge in [-0.2, -0.15) is 18.3 Å². The minimum atomic E-state index is -4.06. The third kappa shape index (κ3) is 5.95. The van der Waals surface area contributed by atoms with Crippen molar-refractivity contribution in [2.75, 3.05) is 11.9 Å². The van der Waals surface area contributed by atoms with Crippen LogP contribution in [-0.2, 0) is 11.3 Å². The van der Waals surface area contributed by atoms with Gasteiger partial charge in [-0.15, -0.1) is 0 Å². The highest BCUT2D eigenvalue weighted by Crippen LogP contribution is 2.23. The predicted molar refractivity (Wildman–Crippen MR) is 74.2 cm³/mol.